The molecule has 1 amide bonds. The van der Waals surface area contributed by atoms with Gasteiger partial charge in [-0.15, -0.1) is 0 Å². The molecule has 2 aliphatic heterocycles. The summed E-state index contributed by atoms with van der Waals surface area (Å²) in [6.45, 7) is 5.38. The van der Waals surface area contributed by atoms with E-state index in [1.54, 1.807) is 0 Å². The van der Waals surface area contributed by atoms with Gasteiger partial charge in [-0.05, 0) is 45.1 Å². The highest BCUT2D eigenvalue weighted by molar-refractivity contribution is 5.77. The fraction of sp³-hybridized carbons (Fsp3) is 0.929. The second kappa shape index (κ2) is 4.82. The van der Waals surface area contributed by atoms with E-state index in [0.29, 0.717) is 24.4 Å². The minimum absolute atomic E-state index is 0.103. The van der Waals surface area contributed by atoms with E-state index in [1.165, 1.54) is 32.2 Å². The van der Waals surface area contributed by atoms with E-state index in [0.717, 1.165) is 13.1 Å². The number of carbonyl (C=O) groups excluding carboxylic acids is 1. The summed E-state index contributed by atoms with van der Waals surface area (Å²) in [6, 6.07) is 1.08. The molecule has 0 bridgehead atoms. The Hall–Kier alpha value is -0.610. The fourth-order valence-electron chi connectivity index (χ4n) is 3.54. The number of piperazine rings is 1. The van der Waals surface area contributed by atoms with Crippen molar-refractivity contribution in [2.24, 2.45) is 11.7 Å². The molecule has 3 fully saturated rings. The van der Waals surface area contributed by atoms with E-state index in [4.69, 9.17) is 5.73 Å². The molecule has 0 spiro atoms. The maximum absolute atomic E-state index is 12.4. The Kier molecular flexibility index (Phi) is 3.32. The molecule has 0 aromatic heterocycles. The summed E-state index contributed by atoms with van der Waals surface area (Å²) in [5.74, 6) is 0.908. The van der Waals surface area contributed by atoms with Gasteiger partial charge in [-0.1, -0.05) is 0 Å². The van der Waals surface area contributed by atoms with Gasteiger partial charge in [0, 0.05) is 37.6 Å². The average Bonchev–Trinajstić information content (AvgIpc) is 3.08. The third-order valence-electron chi connectivity index (χ3n) is 4.90. The Morgan fingerprint density at radius 1 is 1.33 bits per heavy atom. The molecule has 0 aromatic rings. The molecule has 0 radical (unpaired) electrons. The lowest BCUT2D eigenvalue weighted by molar-refractivity contribution is -0.137. The molecule has 3 aliphatic rings. The number of nitrogens with zero attached hydrogens (tertiary/aromatic N) is 2. The molecular formula is C14H25N3O. The molecule has 2 saturated heterocycles. The van der Waals surface area contributed by atoms with Gasteiger partial charge in [0.05, 0.1) is 0 Å². The Morgan fingerprint density at radius 3 is 2.83 bits per heavy atom. The molecule has 2 N–H and O–H groups in total. The lowest BCUT2D eigenvalue weighted by Crippen LogP contribution is -2.57. The summed E-state index contributed by atoms with van der Waals surface area (Å²) in [4.78, 5) is 17.0. The Labute approximate surface area is 109 Å². The van der Waals surface area contributed by atoms with Crippen molar-refractivity contribution in [3.8, 4) is 0 Å². The van der Waals surface area contributed by atoms with E-state index in [2.05, 4.69) is 16.7 Å². The summed E-state index contributed by atoms with van der Waals surface area (Å²) < 4.78 is 0. The van der Waals surface area contributed by atoms with Gasteiger partial charge >= 0.3 is 0 Å². The second-order valence-electron chi connectivity index (χ2n) is 6.39. The second-order valence-corrected chi connectivity index (χ2v) is 6.39. The lowest BCUT2D eigenvalue weighted by atomic mass is 10.0. The van der Waals surface area contributed by atoms with Gasteiger partial charge < -0.3 is 10.6 Å². The number of rotatable bonds is 3. The number of amides is 1. The van der Waals surface area contributed by atoms with Crippen molar-refractivity contribution in [1.29, 1.82) is 0 Å². The van der Waals surface area contributed by atoms with E-state index in [-0.39, 0.29) is 11.9 Å². The summed E-state index contributed by atoms with van der Waals surface area (Å²) in [7, 11) is 0. The summed E-state index contributed by atoms with van der Waals surface area (Å²) in [6.07, 6.45) is 5.55. The molecule has 3 atom stereocenters. The highest BCUT2D eigenvalue weighted by Gasteiger charge is 2.38. The molecule has 102 valence electrons. The van der Waals surface area contributed by atoms with E-state index in [9.17, 15) is 4.79 Å². The van der Waals surface area contributed by atoms with Gasteiger partial charge in [0.2, 0.25) is 5.91 Å². The van der Waals surface area contributed by atoms with Crippen LogP contribution in [-0.2, 0) is 4.79 Å². The van der Waals surface area contributed by atoms with Gasteiger partial charge in [-0.2, -0.15) is 0 Å². The molecule has 0 aromatic carbocycles. The van der Waals surface area contributed by atoms with Gasteiger partial charge in [0.1, 0.15) is 0 Å². The summed E-state index contributed by atoms with van der Waals surface area (Å²) >= 11 is 0. The van der Waals surface area contributed by atoms with Crippen molar-refractivity contribution < 1.29 is 4.79 Å². The quantitative estimate of drug-likeness (QED) is 0.807. The summed E-state index contributed by atoms with van der Waals surface area (Å²) in [5, 5.41) is 0. The van der Waals surface area contributed by atoms with Gasteiger partial charge in [0.25, 0.3) is 0 Å². The monoisotopic (exact) mass is 251 g/mol. The van der Waals surface area contributed by atoms with Gasteiger partial charge in [-0.25, -0.2) is 0 Å². The number of nitrogens with two attached hydrogens (primary N) is 1. The number of carbonyl (C=O) groups is 1. The normalized spacial score (nSPS) is 34.4. The van der Waals surface area contributed by atoms with Crippen LogP contribution in [0, 0.1) is 5.92 Å². The first-order valence-electron chi connectivity index (χ1n) is 7.44. The van der Waals surface area contributed by atoms with Crippen molar-refractivity contribution in [3.63, 3.8) is 0 Å². The van der Waals surface area contributed by atoms with Crippen LogP contribution < -0.4 is 5.73 Å². The van der Waals surface area contributed by atoms with Gasteiger partial charge in [-0.3, -0.25) is 9.69 Å². The molecule has 4 nitrogen and oxygen atoms in total. The maximum atomic E-state index is 12.4. The highest BCUT2D eigenvalue weighted by Crippen LogP contribution is 2.33. The number of hydrogen-bond donors (Lipinski definition) is 1. The molecule has 3 unspecified atom stereocenters. The molecule has 18 heavy (non-hydrogen) atoms. The van der Waals surface area contributed by atoms with Crippen LogP contribution in [0.2, 0.25) is 0 Å². The minimum atomic E-state index is 0.103. The third-order valence-corrected chi connectivity index (χ3v) is 4.90. The van der Waals surface area contributed by atoms with E-state index in [1.807, 2.05) is 0 Å². The molecule has 1 saturated carbocycles. The van der Waals surface area contributed by atoms with Crippen LogP contribution in [0.4, 0.5) is 0 Å². The average molecular weight is 251 g/mol. The van der Waals surface area contributed by atoms with E-state index < -0.39 is 0 Å². The minimum Gasteiger partial charge on any atom is -0.337 e. The van der Waals surface area contributed by atoms with Crippen molar-refractivity contribution in [3.05, 3.63) is 0 Å². The lowest BCUT2D eigenvalue weighted by Gasteiger charge is -2.42. The SMILES string of the molecule is CC1CN2CCCC2CN1C(=O)CC(N)C1CC1. The van der Waals surface area contributed by atoms with E-state index >= 15 is 0 Å². The largest absolute Gasteiger partial charge is 0.337 e. The van der Waals surface area contributed by atoms with Crippen LogP contribution in [-0.4, -0.2) is 53.5 Å². The topological polar surface area (TPSA) is 49.6 Å². The van der Waals surface area contributed by atoms with Crippen molar-refractivity contribution >= 4 is 5.91 Å². The first kappa shape index (κ1) is 12.4. The molecule has 1 aliphatic carbocycles. The molecular weight excluding hydrogens is 226 g/mol. The zero-order valence-electron chi connectivity index (χ0n) is 11.3. The zero-order chi connectivity index (χ0) is 12.7. The third kappa shape index (κ3) is 2.41. The summed E-state index contributed by atoms with van der Waals surface area (Å²) in [5.41, 5.74) is 6.08. The molecule has 3 rings (SSSR count). The Morgan fingerprint density at radius 2 is 2.11 bits per heavy atom. The Bertz CT molecular complexity index is 329. The number of fused-ring (bicyclic) bond motifs is 1. The fourth-order valence-corrected chi connectivity index (χ4v) is 3.54. The van der Waals surface area contributed by atoms with Crippen LogP contribution in [0.5, 0.6) is 0 Å². The first-order valence-corrected chi connectivity index (χ1v) is 7.44. The van der Waals surface area contributed by atoms with Crippen LogP contribution in [0.1, 0.15) is 39.0 Å². The van der Waals surface area contributed by atoms with Crippen LogP contribution >= 0.6 is 0 Å². The van der Waals surface area contributed by atoms with Crippen molar-refractivity contribution in [2.45, 2.75) is 57.2 Å². The van der Waals surface area contributed by atoms with Crippen molar-refractivity contribution in [1.82, 2.24) is 9.80 Å². The zero-order valence-corrected chi connectivity index (χ0v) is 11.3. The predicted octanol–water partition coefficient (Wildman–Crippen LogP) is 0.809. The Balaban J connectivity index is 1.58. The number of hydrogen-bond acceptors (Lipinski definition) is 3. The van der Waals surface area contributed by atoms with Gasteiger partial charge in [0.15, 0.2) is 0 Å². The highest BCUT2D eigenvalue weighted by atomic mass is 16.2. The van der Waals surface area contributed by atoms with Crippen LogP contribution in [0.15, 0.2) is 0 Å². The first-order chi connectivity index (χ1) is 8.65. The van der Waals surface area contributed by atoms with Crippen LogP contribution in [0.3, 0.4) is 0 Å². The van der Waals surface area contributed by atoms with Crippen molar-refractivity contribution in [2.75, 3.05) is 19.6 Å². The van der Waals surface area contributed by atoms with Crippen LogP contribution in [0.25, 0.3) is 0 Å². The molecule has 4 heteroatoms. The molecule has 2 heterocycles. The maximum Gasteiger partial charge on any atom is 0.224 e. The predicted molar refractivity (Wildman–Crippen MR) is 71.1 cm³/mol. The smallest absolute Gasteiger partial charge is 0.224 e. The standard InChI is InChI=1S/C14H25N3O/c1-10-8-16-6-2-3-12(16)9-17(10)14(18)7-13(15)11-4-5-11/h10-13H,2-9,15H2,1H3.